The molecule has 9 heteroatoms. The first-order valence-corrected chi connectivity index (χ1v) is 11.8. The molecule has 0 aromatic heterocycles. The van der Waals surface area contributed by atoms with E-state index in [0.717, 1.165) is 37.2 Å². The molecule has 0 spiro atoms. The average molecular weight is 461 g/mol. The van der Waals surface area contributed by atoms with Crippen LogP contribution in [0.4, 0.5) is 18.9 Å². The first kappa shape index (κ1) is 22.9. The third-order valence-electron chi connectivity index (χ3n) is 5.11. The van der Waals surface area contributed by atoms with Crippen LogP contribution in [0.15, 0.2) is 41.3 Å². The van der Waals surface area contributed by atoms with Gasteiger partial charge in [-0.25, -0.2) is 8.42 Å². The number of sulfone groups is 1. The molecule has 0 saturated carbocycles. The number of nitrogens with one attached hydrogen (secondary N) is 2. The Labute approximate surface area is 179 Å². The molecule has 1 aliphatic rings. The number of fused-ring (bicyclic) bond motifs is 1. The Bertz CT molecular complexity index is 977. The van der Waals surface area contributed by atoms with Gasteiger partial charge in [0.2, 0.25) is 0 Å². The Kier molecular flexibility index (Phi) is 7.31. The molecular weight excluding hydrogens is 437 g/mol. The van der Waals surface area contributed by atoms with Gasteiger partial charge in [0.1, 0.15) is 0 Å². The highest BCUT2D eigenvalue weighted by atomic mass is 35.5. The summed E-state index contributed by atoms with van der Waals surface area (Å²) in [5, 5.41) is 7.37. The zero-order valence-corrected chi connectivity index (χ0v) is 17.9. The highest BCUT2D eigenvalue weighted by Crippen LogP contribution is 2.31. The van der Waals surface area contributed by atoms with E-state index in [0.29, 0.717) is 11.6 Å². The van der Waals surface area contributed by atoms with E-state index in [9.17, 15) is 21.6 Å². The molecule has 4 nitrogen and oxygen atoms in total. The third kappa shape index (κ3) is 6.12. The van der Waals surface area contributed by atoms with Crippen molar-refractivity contribution >= 4 is 27.1 Å². The molecule has 2 aromatic rings. The standard InChI is InChI=1S/C21H24ClF3N2O2S/c22-19-7-4-16-8-11-26-12-9-18(16)20(19)27-14-15-2-5-17(6-3-15)30(28,29)13-1-10-21(23,24)25/h2-7,26-27H,1,8-14H2. The highest BCUT2D eigenvalue weighted by molar-refractivity contribution is 7.91. The minimum Gasteiger partial charge on any atom is -0.380 e. The molecular formula is C21H24ClF3N2O2S. The van der Waals surface area contributed by atoms with Crippen molar-refractivity contribution < 1.29 is 21.6 Å². The van der Waals surface area contributed by atoms with Gasteiger partial charge in [0.15, 0.2) is 9.84 Å². The quantitative estimate of drug-likeness (QED) is 0.625. The minimum atomic E-state index is -4.35. The SMILES string of the molecule is O=S(=O)(CCCC(F)(F)F)c1ccc(CNc2c(Cl)ccc3c2CCNCC3)cc1. The lowest BCUT2D eigenvalue weighted by molar-refractivity contribution is -0.134. The predicted molar refractivity (Wildman–Crippen MR) is 113 cm³/mol. The molecule has 164 valence electrons. The Balaban J connectivity index is 1.66. The Morgan fingerprint density at radius 3 is 2.43 bits per heavy atom. The second-order valence-electron chi connectivity index (χ2n) is 7.35. The topological polar surface area (TPSA) is 58.2 Å². The van der Waals surface area contributed by atoms with Crippen LogP contribution in [-0.4, -0.2) is 33.4 Å². The molecule has 0 atom stereocenters. The van der Waals surface area contributed by atoms with Gasteiger partial charge in [-0.05, 0) is 67.2 Å². The van der Waals surface area contributed by atoms with Crippen molar-refractivity contribution in [2.75, 3.05) is 24.2 Å². The van der Waals surface area contributed by atoms with Gasteiger partial charge in [-0.15, -0.1) is 0 Å². The number of hydrogen-bond acceptors (Lipinski definition) is 4. The second-order valence-corrected chi connectivity index (χ2v) is 9.86. The maximum atomic E-state index is 12.3. The lowest BCUT2D eigenvalue weighted by Gasteiger charge is -2.16. The molecule has 0 aliphatic carbocycles. The molecule has 0 amide bonds. The average Bonchev–Trinajstić information content (AvgIpc) is 2.92. The van der Waals surface area contributed by atoms with Crippen molar-refractivity contribution in [3.8, 4) is 0 Å². The van der Waals surface area contributed by atoms with E-state index in [2.05, 4.69) is 10.6 Å². The molecule has 0 unspecified atom stereocenters. The van der Waals surface area contributed by atoms with Gasteiger partial charge in [-0.2, -0.15) is 13.2 Å². The van der Waals surface area contributed by atoms with Crippen molar-refractivity contribution in [3.05, 3.63) is 58.1 Å². The summed E-state index contributed by atoms with van der Waals surface area (Å²) in [6.45, 7) is 2.26. The van der Waals surface area contributed by atoms with Gasteiger partial charge in [-0.3, -0.25) is 0 Å². The first-order valence-electron chi connectivity index (χ1n) is 9.79. The molecule has 2 N–H and O–H groups in total. The summed E-state index contributed by atoms with van der Waals surface area (Å²) in [4.78, 5) is 0.0334. The fraction of sp³-hybridized carbons (Fsp3) is 0.429. The molecule has 1 heterocycles. The van der Waals surface area contributed by atoms with E-state index in [1.165, 1.54) is 23.3 Å². The first-order chi connectivity index (χ1) is 14.2. The summed E-state index contributed by atoms with van der Waals surface area (Å²) >= 11 is 6.40. The molecule has 0 radical (unpaired) electrons. The van der Waals surface area contributed by atoms with Crippen LogP contribution in [0, 0.1) is 0 Å². The van der Waals surface area contributed by atoms with Crippen molar-refractivity contribution in [1.82, 2.24) is 5.32 Å². The number of rotatable bonds is 7. The van der Waals surface area contributed by atoms with Crippen LogP contribution in [0.25, 0.3) is 0 Å². The molecule has 30 heavy (non-hydrogen) atoms. The zero-order chi connectivity index (χ0) is 21.8. The fourth-order valence-corrected chi connectivity index (χ4v) is 5.08. The van der Waals surface area contributed by atoms with E-state index in [-0.39, 0.29) is 4.90 Å². The molecule has 1 aliphatic heterocycles. The van der Waals surface area contributed by atoms with Gasteiger partial charge in [0.25, 0.3) is 0 Å². The normalized spacial score (nSPS) is 14.8. The van der Waals surface area contributed by atoms with E-state index < -0.39 is 34.6 Å². The van der Waals surface area contributed by atoms with Crippen LogP contribution >= 0.6 is 11.6 Å². The molecule has 0 fully saturated rings. The molecule has 2 aromatic carbocycles. The summed E-state index contributed by atoms with van der Waals surface area (Å²) in [5.41, 5.74) is 4.19. The number of alkyl halides is 3. The monoisotopic (exact) mass is 460 g/mol. The summed E-state index contributed by atoms with van der Waals surface area (Å²) in [5.74, 6) is -0.524. The van der Waals surface area contributed by atoms with Gasteiger partial charge >= 0.3 is 6.18 Å². The fourth-order valence-electron chi connectivity index (χ4n) is 3.52. The Hall–Kier alpha value is -1.77. The zero-order valence-electron chi connectivity index (χ0n) is 16.4. The van der Waals surface area contributed by atoms with Crippen LogP contribution in [0.5, 0.6) is 0 Å². The summed E-state index contributed by atoms with van der Waals surface area (Å²) < 4.78 is 61.2. The van der Waals surface area contributed by atoms with E-state index >= 15 is 0 Å². The lowest BCUT2D eigenvalue weighted by atomic mass is 10.0. The van der Waals surface area contributed by atoms with E-state index in [1.54, 1.807) is 12.1 Å². The largest absolute Gasteiger partial charge is 0.389 e. The summed E-state index contributed by atoms with van der Waals surface area (Å²) in [7, 11) is -3.74. The van der Waals surface area contributed by atoms with Crippen LogP contribution in [-0.2, 0) is 29.2 Å². The van der Waals surface area contributed by atoms with Gasteiger partial charge in [0.05, 0.1) is 21.4 Å². The molecule has 0 bridgehead atoms. The predicted octanol–water partition coefficient (Wildman–Crippen LogP) is 4.76. The lowest BCUT2D eigenvalue weighted by Crippen LogP contribution is -2.16. The highest BCUT2D eigenvalue weighted by Gasteiger charge is 2.27. The summed E-state index contributed by atoms with van der Waals surface area (Å²) in [6, 6.07) is 10.1. The maximum Gasteiger partial charge on any atom is 0.389 e. The van der Waals surface area contributed by atoms with Crippen molar-refractivity contribution in [2.45, 2.75) is 43.3 Å². The number of halogens is 4. The molecule has 3 rings (SSSR count). The number of hydrogen-bond donors (Lipinski definition) is 2. The third-order valence-corrected chi connectivity index (χ3v) is 7.24. The maximum absolute atomic E-state index is 12.3. The number of anilines is 1. The van der Waals surface area contributed by atoms with Gasteiger partial charge in [-0.1, -0.05) is 29.8 Å². The van der Waals surface area contributed by atoms with Crippen LogP contribution in [0.2, 0.25) is 5.02 Å². The molecule has 0 saturated heterocycles. The van der Waals surface area contributed by atoms with Crippen molar-refractivity contribution in [1.29, 1.82) is 0 Å². The second kappa shape index (κ2) is 9.58. The Morgan fingerprint density at radius 1 is 1.03 bits per heavy atom. The van der Waals surface area contributed by atoms with Crippen LogP contribution in [0.1, 0.15) is 29.5 Å². The van der Waals surface area contributed by atoms with E-state index in [4.69, 9.17) is 11.6 Å². The number of benzene rings is 2. The van der Waals surface area contributed by atoms with Crippen molar-refractivity contribution in [3.63, 3.8) is 0 Å². The minimum absolute atomic E-state index is 0.0334. The Morgan fingerprint density at radius 2 is 1.73 bits per heavy atom. The smallest absolute Gasteiger partial charge is 0.380 e. The van der Waals surface area contributed by atoms with Crippen LogP contribution in [0.3, 0.4) is 0 Å². The van der Waals surface area contributed by atoms with Gasteiger partial charge in [0, 0.05) is 13.0 Å². The summed E-state index contributed by atoms with van der Waals surface area (Å²) in [6.07, 6.45) is -4.10. The van der Waals surface area contributed by atoms with Gasteiger partial charge < -0.3 is 10.6 Å². The van der Waals surface area contributed by atoms with E-state index in [1.807, 2.05) is 12.1 Å². The van der Waals surface area contributed by atoms with Crippen molar-refractivity contribution in [2.24, 2.45) is 0 Å². The van der Waals surface area contributed by atoms with Crippen LogP contribution < -0.4 is 10.6 Å².